The quantitative estimate of drug-likeness (QED) is 0.730. The molecule has 5 heteroatoms. The van der Waals surface area contributed by atoms with E-state index < -0.39 is 0 Å². The largest absolute Gasteiger partial charge is 0.395 e. The Bertz CT molecular complexity index is 412. The predicted octanol–water partition coefficient (Wildman–Crippen LogP) is 1.37. The molecule has 0 saturated heterocycles. The zero-order valence-electron chi connectivity index (χ0n) is 10.1. The summed E-state index contributed by atoms with van der Waals surface area (Å²) in [5.74, 6) is -0.210. The van der Waals surface area contributed by atoms with Crippen molar-refractivity contribution in [2.75, 3.05) is 18.8 Å². The minimum Gasteiger partial charge on any atom is -0.395 e. The molecule has 0 saturated carbocycles. The summed E-state index contributed by atoms with van der Waals surface area (Å²) in [4.78, 5) is 13.7. The van der Waals surface area contributed by atoms with E-state index >= 15 is 0 Å². The van der Waals surface area contributed by atoms with Gasteiger partial charge in [0.1, 0.15) is 0 Å². The summed E-state index contributed by atoms with van der Waals surface area (Å²) in [7, 11) is 0. The van der Waals surface area contributed by atoms with Gasteiger partial charge >= 0.3 is 0 Å². The molecule has 1 rings (SSSR count). The highest BCUT2D eigenvalue weighted by molar-refractivity contribution is 5.97. The maximum absolute atomic E-state index is 12.1. The average molecular weight is 234 g/mol. The Balaban J connectivity index is 2.95. The number of rotatable bonds is 6. The highest BCUT2D eigenvalue weighted by Gasteiger charge is 2.20. The first kappa shape index (κ1) is 13.0. The van der Waals surface area contributed by atoms with Crippen molar-refractivity contribution in [2.45, 2.75) is 13.3 Å². The molecule has 0 bridgehead atoms. The van der Waals surface area contributed by atoms with Crippen molar-refractivity contribution in [3.8, 4) is 0 Å². The highest BCUT2D eigenvalue weighted by atomic mass is 16.2. The molecule has 0 aliphatic carbocycles. The molecular weight excluding hydrogens is 216 g/mol. The third kappa shape index (κ3) is 2.75. The number of hydrogen-bond acceptors (Lipinski definition) is 3. The van der Waals surface area contributed by atoms with E-state index in [1.165, 1.54) is 0 Å². The van der Waals surface area contributed by atoms with E-state index in [1.54, 1.807) is 17.1 Å². The van der Waals surface area contributed by atoms with Crippen LogP contribution in [0.3, 0.4) is 0 Å². The third-order valence-electron chi connectivity index (χ3n) is 2.43. The number of nitrogens with two attached hydrogens (primary N) is 1. The Hall–Kier alpha value is -2.04. The normalized spacial score (nSPS) is 9.94. The van der Waals surface area contributed by atoms with Crippen LogP contribution >= 0.6 is 0 Å². The van der Waals surface area contributed by atoms with Gasteiger partial charge in [0.25, 0.3) is 5.91 Å². The molecule has 1 aromatic heterocycles. The van der Waals surface area contributed by atoms with E-state index in [1.807, 2.05) is 6.92 Å². The van der Waals surface area contributed by atoms with Crippen molar-refractivity contribution in [3.05, 3.63) is 36.7 Å². The fourth-order valence-electron chi connectivity index (χ4n) is 1.52. The van der Waals surface area contributed by atoms with Gasteiger partial charge < -0.3 is 10.6 Å². The molecule has 17 heavy (non-hydrogen) atoms. The van der Waals surface area contributed by atoms with Crippen molar-refractivity contribution in [2.24, 2.45) is 0 Å². The first-order valence-electron chi connectivity index (χ1n) is 5.49. The van der Waals surface area contributed by atoms with Gasteiger partial charge in [0.2, 0.25) is 0 Å². The number of anilines is 1. The maximum atomic E-state index is 12.1. The second-order valence-electron chi connectivity index (χ2n) is 3.61. The van der Waals surface area contributed by atoms with Crippen molar-refractivity contribution in [1.82, 2.24) is 15.1 Å². The Morgan fingerprint density at radius 1 is 1.47 bits per heavy atom. The number of nitrogens with one attached hydrogen (secondary N) is 1. The van der Waals surface area contributed by atoms with Crippen LogP contribution in [0.1, 0.15) is 23.1 Å². The van der Waals surface area contributed by atoms with Crippen LogP contribution in [0.5, 0.6) is 0 Å². The minimum absolute atomic E-state index is 0.210. The first-order valence-corrected chi connectivity index (χ1v) is 5.49. The zero-order chi connectivity index (χ0) is 12.8. The molecule has 0 fully saturated rings. The Morgan fingerprint density at radius 3 is 2.47 bits per heavy atom. The fraction of sp³-hybridized carbons (Fsp3) is 0.333. The number of aromatic nitrogens is 2. The molecule has 0 aliphatic rings. The molecule has 0 aliphatic heterocycles. The van der Waals surface area contributed by atoms with E-state index in [2.05, 4.69) is 23.4 Å². The third-order valence-corrected chi connectivity index (χ3v) is 2.43. The summed E-state index contributed by atoms with van der Waals surface area (Å²) < 4.78 is 0. The summed E-state index contributed by atoms with van der Waals surface area (Å²) in [5, 5.41) is 6.73. The molecule has 3 N–H and O–H groups in total. The van der Waals surface area contributed by atoms with Crippen LogP contribution in [0, 0.1) is 0 Å². The maximum Gasteiger partial charge on any atom is 0.277 e. The molecular formula is C12H18N4O. The second-order valence-corrected chi connectivity index (χ2v) is 3.61. The lowest BCUT2D eigenvalue weighted by molar-refractivity contribution is 0.0786. The van der Waals surface area contributed by atoms with E-state index in [0.29, 0.717) is 18.8 Å². The number of carbonyl (C=O) groups excluding carboxylic acids is 1. The molecule has 1 heterocycles. The van der Waals surface area contributed by atoms with E-state index in [4.69, 9.17) is 5.73 Å². The smallest absolute Gasteiger partial charge is 0.277 e. The Morgan fingerprint density at radius 2 is 2.06 bits per heavy atom. The first-order chi connectivity index (χ1) is 8.15. The SMILES string of the molecule is C=CCN(CC=C)C(=O)c1n[nH]c(CC)c1N. The number of H-pyrrole nitrogens is 1. The van der Waals surface area contributed by atoms with Gasteiger partial charge in [-0.15, -0.1) is 13.2 Å². The van der Waals surface area contributed by atoms with Gasteiger partial charge in [-0.1, -0.05) is 19.1 Å². The summed E-state index contributed by atoms with van der Waals surface area (Å²) >= 11 is 0. The highest BCUT2D eigenvalue weighted by Crippen LogP contribution is 2.16. The monoisotopic (exact) mass is 234 g/mol. The van der Waals surface area contributed by atoms with Gasteiger partial charge in [-0.3, -0.25) is 9.89 Å². The van der Waals surface area contributed by atoms with Crippen LogP contribution in [-0.4, -0.2) is 34.1 Å². The number of aromatic amines is 1. The van der Waals surface area contributed by atoms with E-state index in [0.717, 1.165) is 12.1 Å². The molecule has 0 unspecified atom stereocenters. The molecule has 1 aromatic rings. The molecule has 0 spiro atoms. The van der Waals surface area contributed by atoms with Crippen molar-refractivity contribution < 1.29 is 4.79 Å². The summed E-state index contributed by atoms with van der Waals surface area (Å²) in [6.07, 6.45) is 4.03. The van der Waals surface area contributed by atoms with E-state index in [-0.39, 0.29) is 11.6 Å². The zero-order valence-corrected chi connectivity index (χ0v) is 10.1. The lowest BCUT2D eigenvalue weighted by Gasteiger charge is -2.18. The van der Waals surface area contributed by atoms with Crippen molar-refractivity contribution in [1.29, 1.82) is 0 Å². The van der Waals surface area contributed by atoms with Crippen LogP contribution in [0.25, 0.3) is 0 Å². The van der Waals surface area contributed by atoms with Crippen molar-refractivity contribution >= 4 is 11.6 Å². The topological polar surface area (TPSA) is 75.0 Å². The molecule has 5 nitrogen and oxygen atoms in total. The number of aryl methyl sites for hydroxylation is 1. The number of amides is 1. The van der Waals surface area contributed by atoms with Gasteiger partial charge in [-0.05, 0) is 6.42 Å². The lowest BCUT2D eigenvalue weighted by atomic mass is 10.2. The van der Waals surface area contributed by atoms with Crippen LogP contribution in [0.4, 0.5) is 5.69 Å². The average Bonchev–Trinajstić information content (AvgIpc) is 2.69. The summed E-state index contributed by atoms with van der Waals surface area (Å²) in [6.45, 7) is 10.1. The van der Waals surface area contributed by atoms with E-state index in [9.17, 15) is 4.79 Å². The van der Waals surface area contributed by atoms with Gasteiger partial charge in [-0.25, -0.2) is 0 Å². The predicted molar refractivity (Wildman–Crippen MR) is 68.7 cm³/mol. The number of carbonyl (C=O) groups is 1. The van der Waals surface area contributed by atoms with Crippen LogP contribution in [0.2, 0.25) is 0 Å². The van der Waals surface area contributed by atoms with Gasteiger partial charge in [-0.2, -0.15) is 5.10 Å². The van der Waals surface area contributed by atoms with Crippen LogP contribution in [-0.2, 0) is 6.42 Å². The second kappa shape index (κ2) is 5.89. The number of nitrogen functional groups attached to an aromatic ring is 1. The van der Waals surface area contributed by atoms with Gasteiger partial charge in [0, 0.05) is 13.1 Å². The Kier molecular flexibility index (Phi) is 4.51. The molecule has 1 amide bonds. The lowest BCUT2D eigenvalue weighted by Crippen LogP contribution is -2.32. The van der Waals surface area contributed by atoms with Gasteiger partial charge in [0.15, 0.2) is 5.69 Å². The van der Waals surface area contributed by atoms with Gasteiger partial charge in [0.05, 0.1) is 11.4 Å². The Labute approximate surface area is 101 Å². The molecule has 0 radical (unpaired) electrons. The number of hydrogen-bond donors (Lipinski definition) is 2. The van der Waals surface area contributed by atoms with Crippen LogP contribution in [0.15, 0.2) is 25.3 Å². The summed E-state index contributed by atoms with van der Waals surface area (Å²) in [5.41, 5.74) is 7.33. The standard InChI is InChI=1S/C12H18N4O/c1-4-7-16(8-5-2)12(17)11-10(13)9(6-3)14-15-11/h4-5H,1-2,6-8,13H2,3H3,(H,14,15). The summed E-state index contributed by atoms with van der Waals surface area (Å²) in [6, 6.07) is 0. The number of nitrogens with zero attached hydrogens (tertiary/aromatic N) is 2. The van der Waals surface area contributed by atoms with Crippen LogP contribution < -0.4 is 5.73 Å². The fourth-order valence-corrected chi connectivity index (χ4v) is 1.52. The molecule has 0 aromatic carbocycles. The molecule has 92 valence electrons. The van der Waals surface area contributed by atoms with Crippen molar-refractivity contribution in [3.63, 3.8) is 0 Å². The minimum atomic E-state index is -0.210. The molecule has 0 atom stereocenters.